The summed E-state index contributed by atoms with van der Waals surface area (Å²) in [5.41, 5.74) is 0.469. The Morgan fingerprint density at radius 2 is 1.80 bits per heavy atom. The molecule has 0 spiro atoms. The van der Waals surface area contributed by atoms with Crippen LogP contribution in [0.5, 0.6) is 0 Å². The maximum Gasteiger partial charge on any atom is 0.124 e. The van der Waals surface area contributed by atoms with Crippen molar-refractivity contribution in [2.45, 2.75) is 45.3 Å². The molecule has 2 aliphatic rings. The van der Waals surface area contributed by atoms with Crippen molar-refractivity contribution in [2.75, 3.05) is 13.1 Å². The van der Waals surface area contributed by atoms with Crippen LogP contribution < -0.4 is 5.32 Å². The van der Waals surface area contributed by atoms with Crippen molar-refractivity contribution in [3.05, 3.63) is 11.8 Å². The van der Waals surface area contributed by atoms with Crippen molar-refractivity contribution in [2.24, 2.45) is 0 Å². The number of nitrogens with one attached hydrogen (secondary N) is 1. The van der Waals surface area contributed by atoms with Crippen LogP contribution in [-0.2, 0) is 9.68 Å². The molecule has 4 heteroatoms. The normalized spacial score (nSPS) is 29.1. The third kappa shape index (κ3) is 1.89. The van der Waals surface area contributed by atoms with E-state index in [1.165, 1.54) is 0 Å². The number of rotatable bonds is 1. The van der Waals surface area contributed by atoms with E-state index in [1.54, 1.807) is 5.23 Å². The van der Waals surface area contributed by atoms with Crippen LogP contribution in [0.1, 0.15) is 34.1 Å². The van der Waals surface area contributed by atoms with Crippen molar-refractivity contribution >= 4 is 0 Å². The maximum atomic E-state index is 5.81. The lowest BCUT2D eigenvalue weighted by molar-refractivity contribution is -0.303. The minimum Gasteiger partial charge on any atom is -0.311 e. The smallest absolute Gasteiger partial charge is 0.124 e. The van der Waals surface area contributed by atoms with Crippen LogP contribution in [0.25, 0.3) is 0 Å². The molecular formula is C11H20N2O2. The molecule has 15 heavy (non-hydrogen) atoms. The van der Waals surface area contributed by atoms with Gasteiger partial charge < -0.3 is 5.32 Å². The Kier molecular flexibility index (Phi) is 2.53. The third-order valence-corrected chi connectivity index (χ3v) is 3.31. The van der Waals surface area contributed by atoms with Gasteiger partial charge in [-0.3, -0.25) is 0 Å². The lowest BCUT2D eigenvalue weighted by Gasteiger charge is -2.26. The first kappa shape index (κ1) is 10.9. The summed E-state index contributed by atoms with van der Waals surface area (Å²) in [4.78, 5) is 11.6. The zero-order valence-corrected chi connectivity index (χ0v) is 9.96. The molecule has 86 valence electrons. The van der Waals surface area contributed by atoms with E-state index in [4.69, 9.17) is 9.68 Å². The van der Waals surface area contributed by atoms with Crippen LogP contribution in [0.3, 0.4) is 0 Å². The highest BCUT2D eigenvalue weighted by Crippen LogP contribution is 2.39. The Bertz CT molecular complexity index is 268. The first-order valence-corrected chi connectivity index (χ1v) is 5.50. The standard InChI is InChI=1S/C11H20N2O2/c1-10(2)11(3,4)15-13(14-10)9-6-5-7-12-8-9/h6,12H,5,7-8H2,1-4H3. The van der Waals surface area contributed by atoms with Gasteiger partial charge >= 0.3 is 0 Å². The van der Waals surface area contributed by atoms with Gasteiger partial charge in [0.15, 0.2) is 0 Å². The molecule has 0 aromatic rings. The molecule has 0 amide bonds. The Morgan fingerprint density at radius 3 is 2.27 bits per heavy atom. The summed E-state index contributed by atoms with van der Waals surface area (Å²) in [6, 6.07) is 0. The Morgan fingerprint density at radius 1 is 1.20 bits per heavy atom. The molecule has 0 radical (unpaired) electrons. The minimum absolute atomic E-state index is 0.300. The molecule has 0 unspecified atom stereocenters. The first-order chi connectivity index (χ1) is 6.92. The zero-order valence-electron chi connectivity index (χ0n) is 9.96. The van der Waals surface area contributed by atoms with E-state index in [0.29, 0.717) is 0 Å². The van der Waals surface area contributed by atoms with Gasteiger partial charge in [0.05, 0.1) is 5.70 Å². The molecular weight excluding hydrogens is 192 g/mol. The van der Waals surface area contributed by atoms with E-state index < -0.39 is 0 Å². The monoisotopic (exact) mass is 212 g/mol. The topological polar surface area (TPSA) is 33.7 Å². The van der Waals surface area contributed by atoms with Gasteiger partial charge in [-0.05, 0) is 40.7 Å². The Hall–Kier alpha value is -0.580. The van der Waals surface area contributed by atoms with Crippen LogP contribution in [0.4, 0.5) is 0 Å². The summed E-state index contributed by atoms with van der Waals surface area (Å²) >= 11 is 0. The predicted octanol–water partition coefficient (Wildman–Crippen LogP) is 1.60. The van der Waals surface area contributed by atoms with Gasteiger partial charge in [0.1, 0.15) is 11.2 Å². The highest BCUT2D eigenvalue weighted by Gasteiger charge is 2.50. The van der Waals surface area contributed by atoms with Crippen LogP contribution >= 0.6 is 0 Å². The van der Waals surface area contributed by atoms with Gasteiger partial charge in [-0.2, -0.15) is 0 Å². The molecule has 0 saturated carbocycles. The van der Waals surface area contributed by atoms with Crippen molar-refractivity contribution < 1.29 is 9.68 Å². The van der Waals surface area contributed by atoms with Crippen molar-refractivity contribution in [1.29, 1.82) is 0 Å². The Labute approximate surface area is 91.1 Å². The summed E-state index contributed by atoms with van der Waals surface area (Å²) in [6.07, 6.45) is 3.19. The third-order valence-electron chi connectivity index (χ3n) is 3.31. The molecule has 1 N–H and O–H groups in total. The quantitative estimate of drug-likeness (QED) is 0.716. The van der Waals surface area contributed by atoms with E-state index >= 15 is 0 Å². The van der Waals surface area contributed by atoms with E-state index in [0.717, 1.165) is 25.2 Å². The summed E-state index contributed by atoms with van der Waals surface area (Å²) in [6.45, 7) is 10.0. The molecule has 0 aromatic carbocycles. The zero-order chi connectivity index (χ0) is 11.1. The molecule has 1 saturated heterocycles. The first-order valence-electron chi connectivity index (χ1n) is 5.50. The molecule has 1 fully saturated rings. The van der Waals surface area contributed by atoms with E-state index in [9.17, 15) is 0 Å². The van der Waals surface area contributed by atoms with Crippen LogP contribution in [0.15, 0.2) is 11.8 Å². The molecule has 0 atom stereocenters. The largest absolute Gasteiger partial charge is 0.311 e. The van der Waals surface area contributed by atoms with Gasteiger partial charge in [0, 0.05) is 6.54 Å². The van der Waals surface area contributed by atoms with E-state index in [-0.39, 0.29) is 11.2 Å². The highest BCUT2D eigenvalue weighted by molar-refractivity contribution is 5.05. The van der Waals surface area contributed by atoms with E-state index in [1.807, 2.05) is 27.7 Å². The van der Waals surface area contributed by atoms with E-state index in [2.05, 4.69) is 11.4 Å². The number of hydroxylamine groups is 2. The molecule has 2 aliphatic heterocycles. The number of nitrogens with zero attached hydrogens (tertiary/aromatic N) is 1. The Balaban J connectivity index is 2.12. The summed E-state index contributed by atoms with van der Waals surface area (Å²) in [5, 5.41) is 4.87. The van der Waals surface area contributed by atoms with Gasteiger partial charge in [0.25, 0.3) is 0 Å². The second kappa shape index (κ2) is 3.47. The van der Waals surface area contributed by atoms with Crippen LogP contribution in [0, 0.1) is 0 Å². The fraction of sp³-hybridized carbons (Fsp3) is 0.818. The number of hydrogen-bond donors (Lipinski definition) is 1. The van der Waals surface area contributed by atoms with Crippen LogP contribution in [-0.4, -0.2) is 29.5 Å². The van der Waals surface area contributed by atoms with Gasteiger partial charge in [0.2, 0.25) is 0 Å². The van der Waals surface area contributed by atoms with Crippen molar-refractivity contribution in [1.82, 2.24) is 10.5 Å². The summed E-state index contributed by atoms with van der Waals surface area (Å²) in [7, 11) is 0. The second-order valence-electron chi connectivity index (χ2n) is 5.12. The average molecular weight is 212 g/mol. The minimum atomic E-state index is -0.300. The predicted molar refractivity (Wildman–Crippen MR) is 57.7 cm³/mol. The van der Waals surface area contributed by atoms with Gasteiger partial charge in [-0.15, -0.1) is 5.23 Å². The fourth-order valence-corrected chi connectivity index (χ4v) is 1.54. The maximum absolute atomic E-state index is 5.81. The lowest BCUT2D eigenvalue weighted by Crippen LogP contribution is -2.41. The van der Waals surface area contributed by atoms with Crippen molar-refractivity contribution in [3.63, 3.8) is 0 Å². The second-order valence-corrected chi connectivity index (χ2v) is 5.12. The van der Waals surface area contributed by atoms with Gasteiger partial charge in [-0.25, -0.2) is 9.68 Å². The summed E-state index contributed by atoms with van der Waals surface area (Å²) in [5.74, 6) is 0. The number of hydrogen-bond acceptors (Lipinski definition) is 4. The average Bonchev–Trinajstić information content (AvgIpc) is 2.38. The molecule has 4 nitrogen and oxygen atoms in total. The molecule has 2 rings (SSSR count). The molecule has 0 bridgehead atoms. The highest BCUT2D eigenvalue weighted by atomic mass is 17.0. The lowest BCUT2D eigenvalue weighted by atomic mass is 9.90. The summed E-state index contributed by atoms with van der Waals surface area (Å²) < 4.78 is 0. The van der Waals surface area contributed by atoms with Crippen LogP contribution in [0.2, 0.25) is 0 Å². The molecule has 2 heterocycles. The molecule has 0 aliphatic carbocycles. The van der Waals surface area contributed by atoms with Crippen molar-refractivity contribution in [3.8, 4) is 0 Å². The molecule has 0 aromatic heterocycles. The fourth-order valence-electron chi connectivity index (χ4n) is 1.54. The van der Waals surface area contributed by atoms with Gasteiger partial charge in [-0.1, -0.05) is 6.08 Å². The SMILES string of the molecule is CC1(C)ON(C2=CCCNC2)OC1(C)C.